The van der Waals surface area contributed by atoms with Crippen molar-refractivity contribution in [2.24, 2.45) is 4.99 Å². The van der Waals surface area contributed by atoms with Crippen LogP contribution in [0.1, 0.15) is 15.9 Å². The van der Waals surface area contributed by atoms with Gasteiger partial charge >= 0.3 is 0 Å². The molecule has 0 aliphatic carbocycles. The molecule has 0 amide bonds. The summed E-state index contributed by atoms with van der Waals surface area (Å²) in [5.41, 5.74) is 4.16. The van der Waals surface area contributed by atoms with Crippen molar-refractivity contribution in [3.8, 4) is 11.1 Å². The molecule has 0 unspecified atom stereocenters. The average molecular weight is 378 g/mol. The minimum absolute atomic E-state index is 0.0867. The number of Topliss-reactive ketones (excluding diaryl/α,β-unsaturated/α-hetero) is 1. The first-order valence-electron chi connectivity index (χ1n) is 9.67. The van der Waals surface area contributed by atoms with Crippen molar-refractivity contribution in [2.45, 2.75) is 13.1 Å². The van der Waals surface area contributed by atoms with Crippen molar-refractivity contribution >= 4 is 5.78 Å². The number of pyridine rings is 1. The molecule has 0 atom stereocenters. The molecule has 0 aliphatic heterocycles. The van der Waals surface area contributed by atoms with E-state index in [1.807, 2.05) is 89.8 Å². The number of aromatic nitrogens is 1. The van der Waals surface area contributed by atoms with E-state index in [4.69, 9.17) is 0 Å². The summed E-state index contributed by atoms with van der Waals surface area (Å²) in [6.07, 6.45) is 3.81. The molecule has 29 heavy (non-hydrogen) atoms. The van der Waals surface area contributed by atoms with Gasteiger partial charge in [-0.25, -0.2) is 0 Å². The lowest BCUT2D eigenvalue weighted by Crippen LogP contribution is -2.12. The van der Waals surface area contributed by atoms with E-state index in [0.29, 0.717) is 13.1 Å². The number of rotatable bonds is 6. The van der Waals surface area contributed by atoms with E-state index in [0.717, 1.165) is 22.0 Å². The normalized spacial score (nSPS) is 10.5. The van der Waals surface area contributed by atoms with Gasteiger partial charge in [0.2, 0.25) is 0 Å². The van der Waals surface area contributed by atoms with Gasteiger partial charge < -0.3 is 4.57 Å². The fraction of sp³-hybridized carbons (Fsp3) is 0.0769. The molecule has 3 aromatic carbocycles. The molecule has 0 spiro atoms. The summed E-state index contributed by atoms with van der Waals surface area (Å²) in [4.78, 5) is 17.2. The summed E-state index contributed by atoms with van der Waals surface area (Å²) in [7, 11) is 0. The third-order valence-corrected chi connectivity index (χ3v) is 4.80. The second-order valence-corrected chi connectivity index (χ2v) is 6.90. The molecular formula is C26H22N2O. The van der Waals surface area contributed by atoms with Crippen LogP contribution in [0.4, 0.5) is 0 Å². The first-order valence-corrected chi connectivity index (χ1v) is 9.67. The van der Waals surface area contributed by atoms with Crippen LogP contribution in [0.3, 0.4) is 0 Å². The van der Waals surface area contributed by atoms with Gasteiger partial charge in [0.15, 0.2) is 5.78 Å². The topological polar surface area (TPSA) is 34.4 Å². The summed E-state index contributed by atoms with van der Waals surface area (Å²) in [6, 6.07) is 32.0. The molecule has 0 bridgehead atoms. The highest BCUT2D eigenvalue weighted by Gasteiger charge is 2.06. The maximum absolute atomic E-state index is 12.6. The number of ketones is 1. The fourth-order valence-electron chi connectivity index (χ4n) is 3.16. The SMILES string of the molecule is O=C(Cn1ccc(=NCc2ccccc2)cc1)c1ccc(-c2ccccc2)cc1. The van der Waals surface area contributed by atoms with Gasteiger partial charge in [0.1, 0.15) is 0 Å². The zero-order chi connectivity index (χ0) is 19.9. The minimum Gasteiger partial charge on any atom is -0.346 e. The third kappa shape index (κ3) is 4.96. The van der Waals surface area contributed by atoms with Crippen LogP contribution >= 0.6 is 0 Å². The van der Waals surface area contributed by atoms with Crippen molar-refractivity contribution in [3.05, 3.63) is 126 Å². The van der Waals surface area contributed by atoms with E-state index in [2.05, 4.69) is 29.3 Å². The van der Waals surface area contributed by atoms with Gasteiger partial charge in [-0.2, -0.15) is 0 Å². The smallest absolute Gasteiger partial charge is 0.182 e. The van der Waals surface area contributed by atoms with Crippen LogP contribution in [0.25, 0.3) is 11.1 Å². The number of carbonyl (C=O) groups is 1. The molecule has 0 N–H and O–H groups in total. The van der Waals surface area contributed by atoms with Gasteiger partial charge in [-0.1, -0.05) is 84.9 Å². The predicted octanol–water partition coefficient (Wildman–Crippen LogP) is 5.14. The van der Waals surface area contributed by atoms with Gasteiger partial charge in [-0.15, -0.1) is 0 Å². The molecule has 0 radical (unpaired) electrons. The monoisotopic (exact) mass is 378 g/mol. The van der Waals surface area contributed by atoms with Gasteiger partial charge in [-0.3, -0.25) is 9.79 Å². The second kappa shape index (κ2) is 8.98. The summed E-state index contributed by atoms with van der Waals surface area (Å²) in [6.45, 7) is 0.960. The largest absolute Gasteiger partial charge is 0.346 e. The van der Waals surface area contributed by atoms with Crippen molar-refractivity contribution in [3.63, 3.8) is 0 Å². The van der Waals surface area contributed by atoms with E-state index in [-0.39, 0.29) is 5.78 Å². The van der Waals surface area contributed by atoms with Gasteiger partial charge in [0.25, 0.3) is 0 Å². The lowest BCUT2D eigenvalue weighted by atomic mass is 10.0. The molecular weight excluding hydrogens is 356 g/mol. The molecule has 1 heterocycles. The van der Waals surface area contributed by atoms with Crippen molar-refractivity contribution in [1.82, 2.24) is 4.57 Å². The molecule has 0 aliphatic rings. The summed E-state index contributed by atoms with van der Waals surface area (Å²) in [5.74, 6) is 0.0867. The Morgan fingerprint density at radius 3 is 1.93 bits per heavy atom. The maximum atomic E-state index is 12.6. The molecule has 3 nitrogen and oxygen atoms in total. The first kappa shape index (κ1) is 18.6. The zero-order valence-electron chi connectivity index (χ0n) is 16.1. The van der Waals surface area contributed by atoms with E-state index < -0.39 is 0 Å². The third-order valence-electron chi connectivity index (χ3n) is 4.80. The average Bonchev–Trinajstić information content (AvgIpc) is 2.80. The van der Waals surface area contributed by atoms with Crippen molar-refractivity contribution < 1.29 is 4.79 Å². The quantitative estimate of drug-likeness (QED) is 0.428. The number of benzene rings is 3. The Bertz CT molecular complexity index is 1120. The Morgan fingerprint density at radius 1 is 0.690 bits per heavy atom. The Kier molecular flexibility index (Phi) is 5.77. The highest BCUT2D eigenvalue weighted by Crippen LogP contribution is 2.19. The predicted molar refractivity (Wildman–Crippen MR) is 116 cm³/mol. The van der Waals surface area contributed by atoms with Crippen LogP contribution < -0.4 is 5.36 Å². The Hall–Kier alpha value is -3.72. The number of hydrogen-bond donors (Lipinski definition) is 0. The van der Waals surface area contributed by atoms with Crippen LogP contribution in [0.15, 0.2) is 114 Å². The molecule has 142 valence electrons. The summed E-state index contributed by atoms with van der Waals surface area (Å²) < 4.78 is 1.88. The molecule has 0 fully saturated rings. The molecule has 1 aromatic heterocycles. The molecule has 0 saturated heterocycles. The van der Waals surface area contributed by atoms with Crippen molar-refractivity contribution in [2.75, 3.05) is 0 Å². The Labute approximate surface area is 170 Å². The highest BCUT2D eigenvalue weighted by molar-refractivity contribution is 5.96. The second-order valence-electron chi connectivity index (χ2n) is 6.90. The standard InChI is InChI=1S/C26H22N2O/c29-26(24-13-11-23(12-14-24)22-9-5-2-6-10-22)20-28-17-15-25(16-18-28)27-19-21-7-3-1-4-8-21/h1-18H,19-20H2. The zero-order valence-corrected chi connectivity index (χ0v) is 16.1. The Morgan fingerprint density at radius 2 is 1.28 bits per heavy atom. The number of nitrogens with zero attached hydrogens (tertiary/aromatic N) is 2. The van der Waals surface area contributed by atoms with E-state index in [1.54, 1.807) is 0 Å². The molecule has 4 rings (SSSR count). The lowest BCUT2D eigenvalue weighted by molar-refractivity contribution is 0.0972. The maximum Gasteiger partial charge on any atom is 0.182 e. The number of hydrogen-bond acceptors (Lipinski definition) is 2. The van der Waals surface area contributed by atoms with Crippen LogP contribution in [-0.2, 0) is 13.1 Å². The van der Waals surface area contributed by atoms with Crippen LogP contribution in [-0.4, -0.2) is 10.4 Å². The lowest BCUT2D eigenvalue weighted by Gasteiger charge is -2.07. The minimum atomic E-state index is 0.0867. The number of carbonyl (C=O) groups excluding carboxylic acids is 1. The summed E-state index contributed by atoms with van der Waals surface area (Å²) >= 11 is 0. The highest BCUT2D eigenvalue weighted by atomic mass is 16.1. The van der Waals surface area contributed by atoms with Crippen LogP contribution in [0, 0.1) is 0 Å². The molecule has 3 heteroatoms. The van der Waals surface area contributed by atoms with Gasteiger partial charge in [0.05, 0.1) is 18.4 Å². The summed E-state index contributed by atoms with van der Waals surface area (Å²) in [5, 5.41) is 0.907. The molecule has 0 saturated carbocycles. The first-order chi connectivity index (χ1) is 14.3. The van der Waals surface area contributed by atoms with E-state index >= 15 is 0 Å². The van der Waals surface area contributed by atoms with E-state index in [1.165, 1.54) is 5.56 Å². The fourth-order valence-corrected chi connectivity index (χ4v) is 3.16. The van der Waals surface area contributed by atoms with Crippen LogP contribution in [0.5, 0.6) is 0 Å². The van der Waals surface area contributed by atoms with Crippen LogP contribution in [0.2, 0.25) is 0 Å². The van der Waals surface area contributed by atoms with E-state index in [9.17, 15) is 4.79 Å². The Balaban J connectivity index is 1.40. The molecule has 4 aromatic rings. The van der Waals surface area contributed by atoms with Gasteiger partial charge in [-0.05, 0) is 28.8 Å². The van der Waals surface area contributed by atoms with Crippen molar-refractivity contribution in [1.29, 1.82) is 0 Å². The van der Waals surface area contributed by atoms with Gasteiger partial charge in [0, 0.05) is 18.0 Å².